The molecule has 0 unspecified atom stereocenters. The first-order valence-corrected chi connectivity index (χ1v) is 7.42. The van der Waals surface area contributed by atoms with Crippen molar-refractivity contribution in [2.75, 3.05) is 11.9 Å². The second-order valence-corrected chi connectivity index (χ2v) is 5.24. The molecule has 25 heavy (non-hydrogen) atoms. The Morgan fingerprint density at radius 1 is 1.24 bits per heavy atom. The van der Waals surface area contributed by atoms with E-state index in [4.69, 9.17) is 9.84 Å². The van der Waals surface area contributed by atoms with Crippen LogP contribution in [0.15, 0.2) is 54.1 Å². The molecule has 2 rings (SSSR count). The summed E-state index contributed by atoms with van der Waals surface area (Å²) in [4.78, 5) is 22.7. The highest BCUT2D eigenvalue weighted by Gasteiger charge is 2.09. The number of carboxylic acid groups (broad SMARTS) is 1. The van der Waals surface area contributed by atoms with E-state index in [0.717, 1.165) is 5.56 Å². The summed E-state index contributed by atoms with van der Waals surface area (Å²) >= 11 is 0. The Kier molecular flexibility index (Phi) is 5.91. The molecule has 0 fully saturated rings. The van der Waals surface area contributed by atoms with Gasteiger partial charge in [0.25, 0.3) is 5.91 Å². The second kappa shape index (κ2) is 8.31. The normalized spacial score (nSPS) is 10.6. The molecule has 0 heterocycles. The third-order valence-corrected chi connectivity index (χ3v) is 3.19. The topological polar surface area (TPSA) is 99.4 Å². The van der Waals surface area contributed by atoms with Crippen LogP contribution in [0.1, 0.15) is 11.1 Å². The number of aryl methyl sites for hydroxylation is 1. The SMILES string of the molecule is Cc1cccc(NC(=O)C(C#N)=Cc2ccc(OCC(=O)O)cc2)c1. The standard InChI is InChI=1S/C19H16N2O4/c1-13-3-2-4-16(9-13)21-19(24)15(11-20)10-14-5-7-17(8-6-14)25-12-18(22)23/h2-10H,12H2,1H3,(H,21,24)(H,22,23). The molecule has 1 amide bonds. The third-order valence-electron chi connectivity index (χ3n) is 3.19. The lowest BCUT2D eigenvalue weighted by Gasteiger charge is -2.06. The minimum absolute atomic E-state index is 0.0410. The van der Waals surface area contributed by atoms with E-state index >= 15 is 0 Å². The van der Waals surface area contributed by atoms with E-state index in [0.29, 0.717) is 17.0 Å². The first-order chi connectivity index (χ1) is 12.0. The van der Waals surface area contributed by atoms with Crippen LogP contribution in [0.5, 0.6) is 5.75 Å². The van der Waals surface area contributed by atoms with Crippen molar-refractivity contribution in [1.29, 1.82) is 5.26 Å². The Hall–Kier alpha value is -3.59. The maximum atomic E-state index is 12.2. The molecule has 0 saturated heterocycles. The summed E-state index contributed by atoms with van der Waals surface area (Å²) in [6.07, 6.45) is 1.45. The number of carboxylic acids is 1. The van der Waals surface area contributed by atoms with Crippen molar-refractivity contribution >= 4 is 23.6 Å². The van der Waals surface area contributed by atoms with E-state index in [2.05, 4.69) is 5.32 Å². The summed E-state index contributed by atoms with van der Waals surface area (Å²) in [5.74, 6) is -1.18. The molecule has 2 aromatic carbocycles. The van der Waals surface area contributed by atoms with E-state index in [-0.39, 0.29) is 5.57 Å². The maximum absolute atomic E-state index is 12.2. The number of nitrogens with one attached hydrogen (secondary N) is 1. The van der Waals surface area contributed by atoms with Crippen molar-refractivity contribution in [3.8, 4) is 11.8 Å². The zero-order valence-electron chi connectivity index (χ0n) is 13.5. The molecule has 0 bridgehead atoms. The van der Waals surface area contributed by atoms with Gasteiger partial charge in [0.1, 0.15) is 17.4 Å². The Morgan fingerprint density at radius 3 is 2.56 bits per heavy atom. The average molecular weight is 336 g/mol. The van der Waals surface area contributed by atoms with Crippen LogP contribution in [-0.2, 0) is 9.59 Å². The van der Waals surface area contributed by atoms with Crippen molar-refractivity contribution in [1.82, 2.24) is 0 Å². The van der Waals surface area contributed by atoms with Crippen molar-refractivity contribution in [3.05, 3.63) is 65.2 Å². The highest BCUT2D eigenvalue weighted by atomic mass is 16.5. The van der Waals surface area contributed by atoms with E-state index in [1.165, 1.54) is 6.08 Å². The van der Waals surface area contributed by atoms with Crippen LogP contribution in [0.2, 0.25) is 0 Å². The van der Waals surface area contributed by atoms with Gasteiger partial charge in [0.05, 0.1) is 0 Å². The fourth-order valence-corrected chi connectivity index (χ4v) is 2.04. The molecule has 0 radical (unpaired) electrons. The number of benzene rings is 2. The minimum Gasteiger partial charge on any atom is -0.482 e. The van der Waals surface area contributed by atoms with Crippen LogP contribution in [0, 0.1) is 18.3 Å². The summed E-state index contributed by atoms with van der Waals surface area (Å²) in [6.45, 7) is 1.47. The molecule has 6 nitrogen and oxygen atoms in total. The number of nitrogens with zero attached hydrogens (tertiary/aromatic N) is 1. The van der Waals surface area contributed by atoms with E-state index < -0.39 is 18.5 Å². The fourth-order valence-electron chi connectivity index (χ4n) is 2.04. The summed E-state index contributed by atoms with van der Waals surface area (Å²) < 4.78 is 5.03. The van der Waals surface area contributed by atoms with E-state index in [9.17, 15) is 14.9 Å². The lowest BCUT2D eigenvalue weighted by molar-refractivity contribution is -0.139. The molecule has 0 aromatic heterocycles. The van der Waals surface area contributed by atoms with Crippen molar-refractivity contribution < 1.29 is 19.4 Å². The summed E-state index contributed by atoms with van der Waals surface area (Å²) in [6, 6.07) is 15.6. The van der Waals surface area contributed by atoms with E-state index in [1.54, 1.807) is 30.3 Å². The zero-order chi connectivity index (χ0) is 18.2. The Balaban J connectivity index is 2.09. The maximum Gasteiger partial charge on any atom is 0.341 e. The fraction of sp³-hybridized carbons (Fsp3) is 0.105. The smallest absolute Gasteiger partial charge is 0.341 e. The number of hydrogen-bond acceptors (Lipinski definition) is 4. The second-order valence-electron chi connectivity index (χ2n) is 5.24. The number of carbonyl (C=O) groups excluding carboxylic acids is 1. The van der Waals surface area contributed by atoms with Crippen LogP contribution in [0.25, 0.3) is 6.08 Å². The van der Waals surface area contributed by atoms with Gasteiger partial charge in [-0.2, -0.15) is 5.26 Å². The number of nitriles is 1. The molecule has 0 atom stereocenters. The molecular weight excluding hydrogens is 320 g/mol. The molecule has 6 heteroatoms. The number of carbonyl (C=O) groups is 2. The molecule has 0 aliphatic rings. The van der Waals surface area contributed by atoms with Gasteiger partial charge in [0.15, 0.2) is 6.61 Å². The van der Waals surface area contributed by atoms with E-state index in [1.807, 2.05) is 31.2 Å². The summed E-state index contributed by atoms with van der Waals surface area (Å²) in [5.41, 5.74) is 2.19. The molecule has 126 valence electrons. The predicted octanol–water partition coefficient (Wildman–Crippen LogP) is 3.00. The minimum atomic E-state index is -1.07. The van der Waals surface area contributed by atoms with Gasteiger partial charge < -0.3 is 15.2 Å². The van der Waals surface area contributed by atoms with Gasteiger partial charge in [-0.15, -0.1) is 0 Å². The van der Waals surface area contributed by atoms with Crippen LogP contribution in [0.3, 0.4) is 0 Å². The van der Waals surface area contributed by atoms with Gasteiger partial charge in [-0.25, -0.2) is 4.79 Å². The van der Waals surface area contributed by atoms with Crippen molar-refractivity contribution in [2.24, 2.45) is 0 Å². The first kappa shape index (κ1) is 17.8. The van der Waals surface area contributed by atoms with Crippen LogP contribution >= 0.6 is 0 Å². The average Bonchev–Trinajstić information content (AvgIpc) is 2.58. The molecule has 0 saturated carbocycles. The third kappa shape index (κ3) is 5.52. The van der Waals surface area contributed by atoms with Crippen LogP contribution in [0.4, 0.5) is 5.69 Å². The molecule has 2 aromatic rings. The quantitative estimate of drug-likeness (QED) is 0.624. The molecule has 0 spiro atoms. The number of anilines is 1. The lowest BCUT2D eigenvalue weighted by atomic mass is 10.1. The van der Waals surface area contributed by atoms with Gasteiger partial charge in [-0.3, -0.25) is 4.79 Å². The number of ether oxygens (including phenoxy) is 1. The number of hydrogen-bond donors (Lipinski definition) is 2. The zero-order valence-corrected chi connectivity index (χ0v) is 13.5. The highest BCUT2D eigenvalue weighted by Crippen LogP contribution is 2.16. The van der Waals surface area contributed by atoms with Gasteiger partial charge >= 0.3 is 5.97 Å². The van der Waals surface area contributed by atoms with Gasteiger partial charge in [0.2, 0.25) is 0 Å². The van der Waals surface area contributed by atoms with Crippen molar-refractivity contribution in [2.45, 2.75) is 6.92 Å². The van der Waals surface area contributed by atoms with Gasteiger partial charge in [0, 0.05) is 5.69 Å². The molecular formula is C19H16N2O4. The summed E-state index contributed by atoms with van der Waals surface area (Å²) in [7, 11) is 0. The van der Waals surface area contributed by atoms with Gasteiger partial charge in [-0.1, -0.05) is 24.3 Å². The Morgan fingerprint density at radius 2 is 1.96 bits per heavy atom. The molecule has 0 aliphatic carbocycles. The first-order valence-electron chi connectivity index (χ1n) is 7.42. The largest absolute Gasteiger partial charge is 0.482 e. The number of aliphatic carboxylic acids is 1. The molecule has 0 aliphatic heterocycles. The summed E-state index contributed by atoms with van der Waals surface area (Å²) in [5, 5.41) is 20.5. The Labute approximate surface area is 145 Å². The van der Waals surface area contributed by atoms with Gasteiger partial charge in [-0.05, 0) is 48.4 Å². The number of rotatable bonds is 6. The predicted molar refractivity (Wildman–Crippen MR) is 93.0 cm³/mol. The van der Waals surface area contributed by atoms with Crippen LogP contribution in [-0.4, -0.2) is 23.6 Å². The highest BCUT2D eigenvalue weighted by molar-refractivity contribution is 6.09. The molecule has 2 N–H and O–H groups in total. The number of amides is 1. The van der Waals surface area contributed by atoms with Crippen LogP contribution < -0.4 is 10.1 Å². The van der Waals surface area contributed by atoms with Crippen molar-refractivity contribution in [3.63, 3.8) is 0 Å². The lowest BCUT2D eigenvalue weighted by Crippen LogP contribution is -2.13. The monoisotopic (exact) mass is 336 g/mol. The Bertz CT molecular complexity index is 848.